The van der Waals surface area contributed by atoms with Gasteiger partial charge >= 0.3 is 0 Å². The van der Waals surface area contributed by atoms with Gasteiger partial charge in [0.2, 0.25) is 0 Å². The number of nitrogens with zero attached hydrogens (tertiary/aromatic N) is 1. The summed E-state index contributed by atoms with van der Waals surface area (Å²) in [6.07, 6.45) is 1.80. The van der Waals surface area contributed by atoms with E-state index in [0.29, 0.717) is 21.5 Å². The van der Waals surface area contributed by atoms with Gasteiger partial charge in [-0.2, -0.15) is 0 Å². The first-order chi connectivity index (χ1) is 16.8. The predicted molar refractivity (Wildman–Crippen MR) is 149 cm³/mol. The molecule has 1 saturated heterocycles. The molecule has 1 aliphatic rings. The zero-order valence-electron chi connectivity index (χ0n) is 19.2. The van der Waals surface area contributed by atoms with Gasteiger partial charge in [0, 0.05) is 10.2 Å². The van der Waals surface area contributed by atoms with Crippen molar-refractivity contribution in [3.63, 3.8) is 0 Å². The van der Waals surface area contributed by atoms with Crippen LogP contribution in [0.2, 0.25) is 0 Å². The SMILES string of the molecule is Cc1cc(Br)cc(C)c1NC(=O)COc1cccc(/C=C2\SC(=S)N(Cc3ccccc3)C2=O)c1. The number of ether oxygens (including phenoxy) is 1. The van der Waals surface area contributed by atoms with Crippen molar-refractivity contribution in [2.75, 3.05) is 11.9 Å². The highest BCUT2D eigenvalue weighted by Crippen LogP contribution is 2.34. The summed E-state index contributed by atoms with van der Waals surface area (Å²) in [6.45, 7) is 4.20. The number of anilines is 1. The number of halogens is 1. The predicted octanol–water partition coefficient (Wildman–Crippen LogP) is 6.48. The highest BCUT2D eigenvalue weighted by atomic mass is 79.9. The molecule has 2 amide bonds. The monoisotopic (exact) mass is 566 g/mol. The maximum Gasteiger partial charge on any atom is 0.266 e. The normalized spacial score (nSPS) is 14.5. The van der Waals surface area contributed by atoms with E-state index < -0.39 is 0 Å². The molecule has 0 radical (unpaired) electrons. The number of rotatable bonds is 7. The lowest BCUT2D eigenvalue weighted by Gasteiger charge is -2.14. The molecule has 0 aliphatic carbocycles. The number of hydrogen-bond acceptors (Lipinski definition) is 5. The minimum absolute atomic E-state index is 0.116. The summed E-state index contributed by atoms with van der Waals surface area (Å²) in [5.74, 6) is 0.179. The minimum atomic E-state index is -0.245. The largest absolute Gasteiger partial charge is 0.484 e. The van der Waals surface area contributed by atoms with Gasteiger partial charge in [-0.1, -0.05) is 82.4 Å². The number of nitrogens with one attached hydrogen (secondary N) is 1. The van der Waals surface area contributed by atoms with Gasteiger partial charge in [0.1, 0.15) is 10.1 Å². The van der Waals surface area contributed by atoms with E-state index in [9.17, 15) is 9.59 Å². The van der Waals surface area contributed by atoms with Crippen molar-refractivity contribution in [1.82, 2.24) is 4.90 Å². The van der Waals surface area contributed by atoms with Crippen molar-refractivity contribution in [2.45, 2.75) is 20.4 Å². The molecule has 0 unspecified atom stereocenters. The van der Waals surface area contributed by atoms with Crippen LogP contribution in [-0.4, -0.2) is 27.6 Å². The van der Waals surface area contributed by atoms with Crippen molar-refractivity contribution in [1.29, 1.82) is 0 Å². The molecule has 5 nitrogen and oxygen atoms in total. The van der Waals surface area contributed by atoms with E-state index in [0.717, 1.165) is 32.4 Å². The molecule has 3 aromatic carbocycles. The van der Waals surface area contributed by atoms with Gasteiger partial charge in [-0.3, -0.25) is 14.5 Å². The lowest BCUT2D eigenvalue weighted by molar-refractivity contribution is -0.122. The molecule has 35 heavy (non-hydrogen) atoms. The lowest BCUT2D eigenvalue weighted by Crippen LogP contribution is -2.27. The first-order valence-electron chi connectivity index (χ1n) is 10.9. The molecule has 4 rings (SSSR count). The fourth-order valence-corrected chi connectivity index (χ4v) is 5.62. The Balaban J connectivity index is 1.40. The molecule has 0 atom stereocenters. The third kappa shape index (κ3) is 6.39. The van der Waals surface area contributed by atoms with Gasteiger partial charge < -0.3 is 10.1 Å². The Bertz CT molecular complexity index is 1300. The zero-order valence-corrected chi connectivity index (χ0v) is 22.4. The fraction of sp³-hybridized carbons (Fsp3) is 0.148. The van der Waals surface area contributed by atoms with Crippen molar-refractivity contribution in [3.05, 3.63) is 98.4 Å². The molecule has 1 heterocycles. The topological polar surface area (TPSA) is 58.6 Å². The van der Waals surface area contributed by atoms with Crippen LogP contribution < -0.4 is 10.1 Å². The van der Waals surface area contributed by atoms with Gasteiger partial charge in [0.15, 0.2) is 6.61 Å². The molecule has 178 valence electrons. The summed E-state index contributed by atoms with van der Waals surface area (Å²) in [6, 6.07) is 21.0. The molecule has 8 heteroatoms. The first-order valence-corrected chi connectivity index (χ1v) is 12.9. The van der Waals surface area contributed by atoms with E-state index in [2.05, 4.69) is 21.2 Å². The number of thioether (sulfide) groups is 1. The molecular formula is C27H23BrN2O3S2. The van der Waals surface area contributed by atoms with Crippen molar-refractivity contribution in [3.8, 4) is 5.75 Å². The standard InChI is InChI=1S/C27H23BrN2O3S2/c1-17-11-21(28)12-18(2)25(17)29-24(31)16-33-22-10-6-9-20(13-22)14-23-26(32)30(27(34)35-23)15-19-7-4-3-5-8-19/h3-14H,15-16H2,1-2H3,(H,29,31)/b23-14-. The third-order valence-electron chi connectivity index (χ3n) is 5.34. The van der Waals surface area contributed by atoms with E-state index in [-0.39, 0.29) is 18.4 Å². The highest BCUT2D eigenvalue weighted by Gasteiger charge is 2.31. The Morgan fingerprint density at radius 2 is 1.80 bits per heavy atom. The smallest absolute Gasteiger partial charge is 0.266 e. The number of thiocarbonyl (C=S) groups is 1. The summed E-state index contributed by atoms with van der Waals surface area (Å²) in [7, 11) is 0. The van der Waals surface area contributed by atoms with Crippen LogP contribution in [0.5, 0.6) is 5.75 Å². The van der Waals surface area contributed by atoms with E-state index in [1.165, 1.54) is 11.8 Å². The molecule has 1 fully saturated rings. The van der Waals surface area contributed by atoms with Gasteiger partial charge in [0.25, 0.3) is 11.8 Å². The van der Waals surface area contributed by atoms with Crippen LogP contribution in [-0.2, 0) is 16.1 Å². The number of benzene rings is 3. The minimum Gasteiger partial charge on any atom is -0.484 e. The van der Waals surface area contributed by atoms with Gasteiger partial charge in [-0.25, -0.2) is 0 Å². The number of amides is 2. The van der Waals surface area contributed by atoms with Crippen molar-refractivity contribution in [2.24, 2.45) is 0 Å². The van der Waals surface area contributed by atoms with Gasteiger partial charge in [0.05, 0.1) is 11.4 Å². The van der Waals surface area contributed by atoms with Gasteiger partial charge in [-0.05, 0) is 66.4 Å². The molecule has 0 saturated carbocycles. The lowest BCUT2D eigenvalue weighted by atomic mass is 10.1. The van der Waals surface area contributed by atoms with Crippen molar-refractivity contribution >= 4 is 67.8 Å². The number of hydrogen-bond donors (Lipinski definition) is 1. The summed E-state index contributed by atoms with van der Waals surface area (Å²) < 4.78 is 7.22. The second-order valence-electron chi connectivity index (χ2n) is 8.08. The number of carbonyl (C=O) groups excluding carboxylic acids is 2. The summed E-state index contributed by atoms with van der Waals surface area (Å²) in [5, 5.41) is 2.92. The molecular weight excluding hydrogens is 544 g/mol. The summed E-state index contributed by atoms with van der Waals surface area (Å²) in [4.78, 5) is 27.6. The Hall–Kier alpha value is -2.94. The molecule has 0 aromatic heterocycles. The third-order valence-corrected chi connectivity index (χ3v) is 7.18. The highest BCUT2D eigenvalue weighted by molar-refractivity contribution is 9.10. The maximum atomic E-state index is 12.9. The van der Waals surface area contributed by atoms with Gasteiger partial charge in [-0.15, -0.1) is 0 Å². The summed E-state index contributed by atoms with van der Waals surface area (Å²) >= 11 is 10.2. The molecule has 0 spiro atoms. The molecule has 1 N–H and O–H groups in total. The Kier molecular flexibility index (Phi) is 8.05. The van der Waals surface area contributed by atoms with Crippen LogP contribution in [0.25, 0.3) is 6.08 Å². The maximum absolute atomic E-state index is 12.9. The van der Waals surface area contributed by atoms with Crippen molar-refractivity contribution < 1.29 is 14.3 Å². The van der Waals surface area contributed by atoms with Crippen LogP contribution >= 0.6 is 39.9 Å². The fourth-order valence-electron chi connectivity index (χ4n) is 3.68. The average Bonchev–Trinajstić information content (AvgIpc) is 3.08. The van der Waals surface area contributed by atoms with Crippen LogP contribution in [0.15, 0.2) is 76.1 Å². The Morgan fingerprint density at radius 1 is 1.09 bits per heavy atom. The van der Waals surface area contributed by atoms with Crippen LogP contribution in [0, 0.1) is 13.8 Å². The quantitative estimate of drug-likeness (QED) is 0.262. The van der Waals surface area contributed by atoms with E-state index in [4.69, 9.17) is 17.0 Å². The second-order valence-corrected chi connectivity index (χ2v) is 10.7. The van der Waals surface area contributed by atoms with Crippen LogP contribution in [0.3, 0.4) is 0 Å². The zero-order chi connectivity index (χ0) is 24.9. The molecule has 3 aromatic rings. The number of carbonyl (C=O) groups is 2. The van der Waals surface area contributed by atoms with E-state index >= 15 is 0 Å². The van der Waals surface area contributed by atoms with E-state index in [1.807, 2.05) is 68.4 Å². The average molecular weight is 568 g/mol. The Labute approximate surface area is 222 Å². The molecule has 0 bridgehead atoms. The van der Waals surface area contributed by atoms with E-state index in [1.54, 1.807) is 23.1 Å². The summed E-state index contributed by atoms with van der Waals surface area (Å²) in [5.41, 5.74) is 4.54. The van der Waals surface area contributed by atoms with Crippen LogP contribution in [0.4, 0.5) is 5.69 Å². The Morgan fingerprint density at radius 3 is 2.51 bits per heavy atom. The number of aryl methyl sites for hydroxylation is 2. The van der Waals surface area contributed by atoms with Crippen LogP contribution in [0.1, 0.15) is 22.3 Å². The first kappa shape index (κ1) is 25.2. The second kappa shape index (κ2) is 11.2. The molecule has 1 aliphatic heterocycles.